The number of nitrogens with one attached hydrogen (secondary N) is 2. The Morgan fingerprint density at radius 2 is 1.70 bits per heavy atom. The van der Waals surface area contributed by atoms with Crippen LogP contribution in [0, 0.1) is 0 Å². The van der Waals surface area contributed by atoms with Crippen molar-refractivity contribution in [1.82, 2.24) is 5.43 Å². The quantitative estimate of drug-likeness (QED) is 0.512. The van der Waals surface area contributed by atoms with Gasteiger partial charge in [0, 0.05) is 17.0 Å². The first-order valence-electron chi connectivity index (χ1n) is 8.45. The maximum absolute atomic E-state index is 12.4. The topological polar surface area (TPSA) is 83.7 Å². The maximum Gasteiger partial charge on any atom is 0.307 e. The molecule has 0 aliphatic carbocycles. The van der Waals surface area contributed by atoms with Gasteiger partial charge in [-0.15, -0.1) is 0 Å². The molecule has 0 saturated carbocycles. The summed E-state index contributed by atoms with van der Waals surface area (Å²) in [5.74, 6) is -0.520. The number of hydrogen-bond acceptors (Lipinski definition) is 4. The van der Waals surface area contributed by atoms with Crippen LogP contribution in [0.5, 0.6) is 0 Å². The summed E-state index contributed by atoms with van der Waals surface area (Å²) in [4.78, 5) is 24.1. The van der Waals surface area contributed by atoms with E-state index in [4.69, 9.17) is 4.42 Å². The summed E-state index contributed by atoms with van der Waals surface area (Å²) < 4.78 is 4.98. The van der Waals surface area contributed by atoms with E-state index in [1.165, 1.54) is 12.3 Å². The van der Waals surface area contributed by atoms with Gasteiger partial charge >= 0.3 is 5.91 Å². The average molecular weight is 361 g/mol. The lowest BCUT2D eigenvalue weighted by molar-refractivity contribution is -0.115. The molecule has 27 heavy (non-hydrogen) atoms. The minimum Gasteiger partial charge on any atom is -0.459 e. The van der Waals surface area contributed by atoms with Crippen LogP contribution in [0.15, 0.2) is 82.5 Å². The third-order valence-corrected chi connectivity index (χ3v) is 3.80. The standard InChI is InChI=1S/C21H19N3O3/c1-15(23-24-21(26)19-12-7-13-27-19)14-20(25)22-18-11-6-5-10-17(18)16-8-3-2-4-9-16/h2-13H,14H2,1H3,(H,22,25)(H,24,26)/b23-15+. The number of furan rings is 1. The summed E-state index contributed by atoms with van der Waals surface area (Å²) in [7, 11) is 0. The van der Waals surface area contributed by atoms with E-state index in [0.717, 1.165) is 16.8 Å². The summed E-state index contributed by atoms with van der Waals surface area (Å²) >= 11 is 0. The highest BCUT2D eigenvalue weighted by Crippen LogP contribution is 2.27. The Bertz CT molecular complexity index is 948. The van der Waals surface area contributed by atoms with Gasteiger partial charge in [-0.2, -0.15) is 5.10 Å². The molecule has 0 aliphatic heterocycles. The molecule has 1 aromatic heterocycles. The minimum atomic E-state index is -0.464. The Morgan fingerprint density at radius 1 is 0.963 bits per heavy atom. The Hall–Kier alpha value is -3.67. The van der Waals surface area contributed by atoms with Crippen LogP contribution in [-0.2, 0) is 4.79 Å². The predicted octanol–water partition coefficient (Wildman–Crippen LogP) is 4.08. The van der Waals surface area contributed by atoms with Crippen molar-refractivity contribution in [1.29, 1.82) is 0 Å². The molecular formula is C21H19N3O3. The first-order chi connectivity index (χ1) is 13.1. The van der Waals surface area contributed by atoms with Crippen molar-refractivity contribution in [3.63, 3.8) is 0 Å². The first kappa shape index (κ1) is 18.1. The molecule has 3 rings (SSSR count). The second kappa shape index (κ2) is 8.62. The number of hydrogen-bond donors (Lipinski definition) is 2. The van der Waals surface area contributed by atoms with Gasteiger partial charge in [0.1, 0.15) is 0 Å². The monoisotopic (exact) mass is 361 g/mol. The van der Waals surface area contributed by atoms with Crippen LogP contribution in [-0.4, -0.2) is 17.5 Å². The highest BCUT2D eigenvalue weighted by atomic mass is 16.3. The van der Waals surface area contributed by atoms with Crippen LogP contribution in [0.3, 0.4) is 0 Å². The second-order valence-electron chi connectivity index (χ2n) is 5.90. The number of carbonyl (C=O) groups excluding carboxylic acids is 2. The van der Waals surface area contributed by atoms with Gasteiger partial charge in [-0.25, -0.2) is 5.43 Å². The van der Waals surface area contributed by atoms with E-state index in [1.807, 2.05) is 54.6 Å². The lowest BCUT2D eigenvalue weighted by Crippen LogP contribution is -2.21. The lowest BCUT2D eigenvalue weighted by atomic mass is 10.0. The molecule has 1 heterocycles. The zero-order valence-corrected chi connectivity index (χ0v) is 14.8. The Labute approximate surface area is 156 Å². The van der Waals surface area contributed by atoms with Crippen LogP contribution in [0.25, 0.3) is 11.1 Å². The molecule has 0 aliphatic rings. The molecule has 6 heteroatoms. The number of anilines is 1. The highest BCUT2D eigenvalue weighted by molar-refractivity contribution is 6.07. The highest BCUT2D eigenvalue weighted by Gasteiger charge is 2.11. The third-order valence-electron chi connectivity index (χ3n) is 3.80. The van der Waals surface area contributed by atoms with Gasteiger partial charge in [0.15, 0.2) is 5.76 Å². The molecule has 0 bridgehead atoms. The second-order valence-corrected chi connectivity index (χ2v) is 5.90. The van der Waals surface area contributed by atoms with Crippen LogP contribution < -0.4 is 10.7 Å². The molecule has 2 aromatic carbocycles. The third kappa shape index (κ3) is 4.92. The molecule has 0 radical (unpaired) electrons. The molecule has 2 amide bonds. The van der Waals surface area contributed by atoms with E-state index in [1.54, 1.807) is 13.0 Å². The van der Waals surface area contributed by atoms with E-state index in [9.17, 15) is 9.59 Å². The first-order valence-corrected chi connectivity index (χ1v) is 8.45. The van der Waals surface area contributed by atoms with Crippen LogP contribution >= 0.6 is 0 Å². The Kier molecular flexibility index (Phi) is 5.79. The molecule has 0 fully saturated rings. The van der Waals surface area contributed by atoms with E-state index in [2.05, 4.69) is 15.8 Å². The number of rotatable bonds is 6. The SMILES string of the molecule is C/C(CC(=O)Nc1ccccc1-c1ccccc1)=N\NC(=O)c1ccco1. The maximum atomic E-state index is 12.4. The zero-order valence-electron chi connectivity index (χ0n) is 14.8. The number of amides is 2. The summed E-state index contributed by atoms with van der Waals surface area (Å²) in [6.45, 7) is 1.67. The molecule has 0 spiro atoms. The van der Waals surface area contributed by atoms with Gasteiger partial charge in [-0.1, -0.05) is 48.5 Å². The van der Waals surface area contributed by atoms with Crippen LogP contribution in [0.4, 0.5) is 5.69 Å². The fourth-order valence-corrected chi connectivity index (χ4v) is 2.54. The minimum absolute atomic E-state index is 0.0571. The summed E-state index contributed by atoms with van der Waals surface area (Å²) in [5.41, 5.74) is 5.52. The van der Waals surface area contributed by atoms with E-state index in [-0.39, 0.29) is 18.1 Å². The number of para-hydroxylation sites is 1. The molecule has 0 saturated heterocycles. The van der Waals surface area contributed by atoms with Gasteiger partial charge in [0.25, 0.3) is 0 Å². The van der Waals surface area contributed by atoms with Gasteiger partial charge < -0.3 is 9.73 Å². The van der Waals surface area contributed by atoms with Gasteiger partial charge in [-0.05, 0) is 30.7 Å². The Balaban J connectivity index is 1.63. The van der Waals surface area contributed by atoms with E-state index in [0.29, 0.717) is 5.71 Å². The number of nitrogens with zero attached hydrogens (tertiary/aromatic N) is 1. The molecule has 3 aromatic rings. The van der Waals surface area contributed by atoms with Crippen LogP contribution in [0.1, 0.15) is 23.9 Å². The van der Waals surface area contributed by atoms with Crippen molar-refractivity contribution in [2.24, 2.45) is 5.10 Å². The molecule has 0 unspecified atom stereocenters. The Morgan fingerprint density at radius 3 is 2.44 bits per heavy atom. The van der Waals surface area contributed by atoms with Crippen molar-refractivity contribution < 1.29 is 14.0 Å². The van der Waals surface area contributed by atoms with Crippen molar-refractivity contribution in [2.75, 3.05) is 5.32 Å². The summed E-state index contributed by atoms with van der Waals surface area (Å²) in [6.07, 6.45) is 1.46. The number of hydrazone groups is 1. The predicted molar refractivity (Wildman–Crippen MR) is 104 cm³/mol. The number of benzene rings is 2. The molecule has 136 valence electrons. The van der Waals surface area contributed by atoms with Crippen molar-refractivity contribution in [3.8, 4) is 11.1 Å². The van der Waals surface area contributed by atoms with Gasteiger partial charge in [0.2, 0.25) is 5.91 Å². The normalized spacial score (nSPS) is 11.1. The van der Waals surface area contributed by atoms with E-state index >= 15 is 0 Å². The lowest BCUT2D eigenvalue weighted by Gasteiger charge is -2.11. The average Bonchev–Trinajstić information content (AvgIpc) is 3.22. The van der Waals surface area contributed by atoms with Crippen molar-refractivity contribution in [2.45, 2.75) is 13.3 Å². The zero-order chi connectivity index (χ0) is 19.1. The molecule has 2 N–H and O–H groups in total. The summed E-state index contributed by atoms with van der Waals surface area (Å²) in [6, 6.07) is 20.6. The summed E-state index contributed by atoms with van der Waals surface area (Å²) in [5, 5.41) is 6.84. The van der Waals surface area contributed by atoms with Crippen LogP contribution in [0.2, 0.25) is 0 Å². The molecule has 6 nitrogen and oxygen atoms in total. The molecule has 0 atom stereocenters. The molecular weight excluding hydrogens is 342 g/mol. The fourth-order valence-electron chi connectivity index (χ4n) is 2.54. The smallest absolute Gasteiger partial charge is 0.307 e. The largest absolute Gasteiger partial charge is 0.459 e. The van der Waals surface area contributed by atoms with Crippen molar-refractivity contribution >= 4 is 23.2 Å². The fraction of sp³-hybridized carbons (Fsp3) is 0.0952. The van der Waals surface area contributed by atoms with E-state index < -0.39 is 5.91 Å². The van der Waals surface area contributed by atoms with Gasteiger partial charge in [-0.3, -0.25) is 9.59 Å². The number of carbonyl (C=O) groups is 2. The van der Waals surface area contributed by atoms with Gasteiger partial charge in [0.05, 0.1) is 12.7 Å². The van der Waals surface area contributed by atoms with Crippen molar-refractivity contribution in [3.05, 3.63) is 78.8 Å².